The molecule has 1 heterocycles. The third kappa shape index (κ3) is 3.65. The first-order chi connectivity index (χ1) is 12.8. The zero-order valence-electron chi connectivity index (χ0n) is 15.2. The van der Waals surface area contributed by atoms with Gasteiger partial charge in [-0.1, -0.05) is 31.9 Å². The molecule has 27 heavy (non-hydrogen) atoms. The molecule has 3 rings (SSSR count). The van der Waals surface area contributed by atoms with Gasteiger partial charge in [0.05, 0.1) is 5.56 Å². The van der Waals surface area contributed by atoms with Gasteiger partial charge in [0.2, 0.25) is 5.91 Å². The molecule has 2 fully saturated rings. The van der Waals surface area contributed by atoms with Gasteiger partial charge < -0.3 is 15.7 Å². The van der Waals surface area contributed by atoms with Crippen molar-refractivity contribution in [1.82, 2.24) is 15.5 Å². The molecule has 4 amide bonds. The molecule has 3 N–H and O–H groups in total. The number of urea groups is 1. The van der Waals surface area contributed by atoms with Gasteiger partial charge in [0.25, 0.3) is 5.91 Å². The third-order valence-corrected chi connectivity index (χ3v) is 5.49. The highest BCUT2D eigenvalue weighted by atomic mass is 16.4. The average molecular weight is 373 g/mol. The topological polar surface area (TPSA) is 116 Å². The lowest BCUT2D eigenvalue weighted by Crippen LogP contribution is -2.54. The number of imide groups is 1. The first kappa shape index (κ1) is 18.9. The Morgan fingerprint density at radius 2 is 1.96 bits per heavy atom. The average Bonchev–Trinajstić information content (AvgIpc) is 2.88. The molecule has 1 spiro atoms. The Morgan fingerprint density at radius 3 is 2.59 bits per heavy atom. The van der Waals surface area contributed by atoms with Crippen molar-refractivity contribution in [3.05, 3.63) is 35.4 Å². The second-order valence-corrected chi connectivity index (χ2v) is 7.22. The first-order valence-electron chi connectivity index (χ1n) is 9.06. The molecule has 1 saturated carbocycles. The van der Waals surface area contributed by atoms with E-state index in [1.165, 1.54) is 12.1 Å². The van der Waals surface area contributed by atoms with Gasteiger partial charge in [0.1, 0.15) is 12.1 Å². The Bertz CT molecular complexity index is 776. The van der Waals surface area contributed by atoms with Crippen LogP contribution in [0.1, 0.15) is 48.5 Å². The summed E-state index contributed by atoms with van der Waals surface area (Å²) in [7, 11) is 0. The van der Waals surface area contributed by atoms with Gasteiger partial charge in [-0.05, 0) is 36.5 Å². The lowest BCUT2D eigenvalue weighted by atomic mass is 9.73. The molecule has 0 bridgehead atoms. The minimum absolute atomic E-state index is 0.0449. The van der Waals surface area contributed by atoms with Crippen LogP contribution in [0.5, 0.6) is 0 Å². The number of aromatic carboxylic acids is 1. The van der Waals surface area contributed by atoms with E-state index in [-0.39, 0.29) is 30.5 Å². The number of benzene rings is 1. The van der Waals surface area contributed by atoms with Gasteiger partial charge >= 0.3 is 12.0 Å². The van der Waals surface area contributed by atoms with E-state index in [0.29, 0.717) is 6.42 Å². The number of carboxylic acids is 1. The fraction of sp³-hybridized carbons (Fsp3) is 0.474. The molecule has 1 aromatic carbocycles. The molecular formula is C19H23N3O5. The van der Waals surface area contributed by atoms with Crippen LogP contribution < -0.4 is 10.6 Å². The molecule has 2 atom stereocenters. The fourth-order valence-corrected chi connectivity index (χ4v) is 3.80. The van der Waals surface area contributed by atoms with Crippen LogP contribution in [0.15, 0.2) is 24.3 Å². The van der Waals surface area contributed by atoms with Crippen molar-refractivity contribution in [2.24, 2.45) is 5.92 Å². The predicted octanol–water partition coefficient (Wildman–Crippen LogP) is 1.50. The Labute approximate surface area is 156 Å². The van der Waals surface area contributed by atoms with Crippen LogP contribution in [0.3, 0.4) is 0 Å². The van der Waals surface area contributed by atoms with Gasteiger partial charge in [-0.25, -0.2) is 9.59 Å². The van der Waals surface area contributed by atoms with Crippen molar-refractivity contribution >= 4 is 23.8 Å². The van der Waals surface area contributed by atoms with Crippen molar-refractivity contribution in [3.63, 3.8) is 0 Å². The number of carbonyl (C=O) groups excluding carboxylic acids is 3. The largest absolute Gasteiger partial charge is 0.478 e. The van der Waals surface area contributed by atoms with E-state index >= 15 is 0 Å². The summed E-state index contributed by atoms with van der Waals surface area (Å²) in [5.74, 6) is -1.74. The number of hydrogen-bond donors (Lipinski definition) is 3. The fourth-order valence-electron chi connectivity index (χ4n) is 3.80. The summed E-state index contributed by atoms with van der Waals surface area (Å²) in [5.41, 5.74) is 0.0154. The molecule has 2 aliphatic rings. The predicted molar refractivity (Wildman–Crippen MR) is 95.9 cm³/mol. The smallest absolute Gasteiger partial charge is 0.335 e. The molecule has 1 saturated heterocycles. The van der Waals surface area contributed by atoms with E-state index in [1.54, 1.807) is 12.1 Å². The summed E-state index contributed by atoms with van der Waals surface area (Å²) in [4.78, 5) is 49.1. The van der Waals surface area contributed by atoms with Crippen molar-refractivity contribution < 1.29 is 24.3 Å². The summed E-state index contributed by atoms with van der Waals surface area (Å²) < 4.78 is 0. The molecule has 1 aromatic rings. The normalized spacial score (nSPS) is 24.8. The summed E-state index contributed by atoms with van der Waals surface area (Å²) >= 11 is 0. The Kier molecular flexibility index (Phi) is 5.16. The maximum absolute atomic E-state index is 12.8. The SMILES string of the molecule is CC1CCCCC12NC(=O)N(CC(=O)NCc1ccc(C(=O)O)cc1)C2=O. The van der Waals surface area contributed by atoms with Crippen molar-refractivity contribution in [2.75, 3.05) is 6.54 Å². The maximum atomic E-state index is 12.8. The Balaban J connectivity index is 1.58. The van der Waals surface area contributed by atoms with Crippen molar-refractivity contribution in [1.29, 1.82) is 0 Å². The molecule has 0 aromatic heterocycles. The quantitative estimate of drug-likeness (QED) is 0.677. The van der Waals surface area contributed by atoms with Crippen LogP contribution in [0.4, 0.5) is 4.79 Å². The zero-order valence-corrected chi connectivity index (χ0v) is 15.2. The minimum atomic E-state index is -1.02. The van der Waals surface area contributed by atoms with E-state index in [2.05, 4.69) is 10.6 Å². The summed E-state index contributed by atoms with van der Waals surface area (Å²) in [5, 5.41) is 14.4. The number of amides is 4. The van der Waals surface area contributed by atoms with Crippen LogP contribution in [0.2, 0.25) is 0 Å². The molecule has 8 nitrogen and oxygen atoms in total. The van der Waals surface area contributed by atoms with Gasteiger partial charge in [-0.2, -0.15) is 0 Å². The van der Waals surface area contributed by atoms with Gasteiger partial charge in [0.15, 0.2) is 0 Å². The molecule has 0 radical (unpaired) electrons. The number of hydrogen-bond acceptors (Lipinski definition) is 4. The number of carboxylic acid groups (broad SMARTS) is 1. The number of rotatable bonds is 5. The van der Waals surface area contributed by atoms with Crippen LogP contribution in [0.25, 0.3) is 0 Å². The van der Waals surface area contributed by atoms with E-state index in [1.807, 2.05) is 6.92 Å². The Morgan fingerprint density at radius 1 is 1.26 bits per heavy atom. The lowest BCUT2D eigenvalue weighted by Gasteiger charge is -2.36. The molecule has 1 aliphatic heterocycles. The van der Waals surface area contributed by atoms with Crippen LogP contribution in [0, 0.1) is 5.92 Å². The highest BCUT2D eigenvalue weighted by molar-refractivity contribution is 6.09. The maximum Gasteiger partial charge on any atom is 0.335 e. The molecule has 1 aliphatic carbocycles. The van der Waals surface area contributed by atoms with Gasteiger partial charge in [0, 0.05) is 6.54 Å². The lowest BCUT2D eigenvalue weighted by molar-refractivity contribution is -0.137. The molecule has 2 unspecified atom stereocenters. The number of carbonyl (C=O) groups is 4. The second kappa shape index (κ2) is 7.38. The van der Waals surface area contributed by atoms with Gasteiger partial charge in [-0.15, -0.1) is 0 Å². The van der Waals surface area contributed by atoms with E-state index in [9.17, 15) is 19.2 Å². The zero-order chi connectivity index (χ0) is 19.6. The van der Waals surface area contributed by atoms with E-state index < -0.39 is 23.4 Å². The van der Waals surface area contributed by atoms with Gasteiger partial charge in [-0.3, -0.25) is 14.5 Å². The minimum Gasteiger partial charge on any atom is -0.478 e. The highest BCUT2D eigenvalue weighted by Crippen LogP contribution is 2.38. The van der Waals surface area contributed by atoms with Crippen LogP contribution >= 0.6 is 0 Å². The molecular weight excluding hydrogens is 350 g/mol. The Hall–Kier alpha value is -2.90. The second-order valence-electron chi connectivity index (χ2n) is 7.22. The first-order valence-corrected chi connectivity index (χ1v) is 9.06. The number of nitrogens with zero attached hydrogens (tertiary/aromatic N) is 1. The van der Waals surface area contributed by atoms with E-state index in [0.717, 1.165) is 29.7 Å². The van der Waals surface area contributed by atoms with E-state index in [4.69, 9.17) is 5.11 Å². The summed E-state index contributed by atoms with van der Waals surface area (Å²) in [6.45, 7) is 1.82. The number of nitrogens with one attached hydrogen (secondary N) is 2. The van der Waals surface area contributed by atoms with Crippen LogP contribution in [-0.2, 0) is 16.1 Å². The van der Waals surface area contributed by atoms with Crippen molar-refractivity contribution in [2.45, 2.75) is 44.7 Å². The van der Waals surface area contributed by atoms with Crippen molar-refractivity contribution in [3.8, 4) is 0 Å². The highest BCUT2D eigenvalue weighted by Gasteiger charge is 2.55. The van der Waals surface area contributed by atoms with Crippen LogP contribution in [-0.4, -0.2) is 45.9 Å². The third-order valence-electron chi connectivity index (χ3n) is 5.49. The summed E-state index contributed by atoms with van der Waals surface area (Å²) in [6.07, 6.45) is 3.39. The molecule has 144 valence electrons. The molecule has 8 heteroatoms. The monoisotopic (exact) mass is 373 g/mol. The summed E-state index contributed by atoms with van der Waals surface area (Å²) in [6, 6.07) is 5.60. The standard InChI is InChI=1S/C19H23N3O5/c1-12-4-2-3-9-19(12)17(26)22(18(27)21-19)11-15(23)20-10-13-5-7-14(8-6-13)16(24)25/h5-8,12H,2-4,9-11H2,1H3,(H,20,23)(H,21,27)(H,24,25).